The Morgan fingerprint density at radius 3 is 2.57 bits per heavy atom. The molecule has 0 bridgehead atoms. The molecule has 0 saturated carbocycles. The number of rotatable bonds is 7. The van der Waals surface area contributed by atoms with E-state index in [0.29, 0.717) is 0 Å². The van der Waals surface area contributed by atoms with Crippen molar-refractivity contribution < 1.29 is 23.4 Å². The van der Waals surface area contributed by atoms with Gasteiger partial charge in [-0.15, -0.1) is 0 Å². The van der Waals surface area contributed by atoms with Gasteiger partial charge in [0.2, 0.25) is 0 Å². The number of alkyl halides is 2. The summed E-state index contributed by atoms with van der Waals surface area (Å²) in [5, 5.41) is 11.4. The van der Waals surface area contributed by atoms with Crippen molar-refractivity contribution in [2.45, 2.75) is 25.3 Å². The molecule has 0 spiro atoms. The van der Waals surface area contributed by atoms with Gasteiger partial charge < -0.3 is 15.2 Å². The van der Waals surface area contributed by atoms with E-state index in [-0.39, 0.29) is 13.0 Å². The molecule has 0 amide bonds. The van der Waals surface area contributed by atoms with Gasteiger partial charge in [0, 0.05) is 6.61 Å². The third-order valence-electron chi connectivity index (χ3n) is 2.01. The highest BCUT2D eigenvalue weighted by atomic mass is 19.3. The molecule has 14 heavy (non-hydrogen) atoms. The Morgan fingerprint density at radius 1 is 1.64 bits per heavy atom. The summed E-state index contributed by atoms with van der Waals surface area (Å²) in [4.78, 5) is 10.7. The fraction of sp³-hybridized carbons (Fsp3) is 0.875. The van der Waals surface area contributed by atoms with Crippen molar-refractivity contribution in [2.75, 3.05) is 20.3 Å². The van der Waals surface area contributed by atoms with Crippen LogP contribution < -0.4 is 5.32 Å². The quantitative estimate of drug-likeness (QED) is 0.609. The molecule has 0 aliphatic carbocycles. The van der Waals surface area contributed by atoms with E-state index in [1.54, 1.807) is 0 Å². The maximum absolute atomic E-state index is 11.6. The van der Waals surface area contributed by atoms with Crippen molar-refractivity contribution in [2.24, 2.45) is 0 Å². The molecule has 0 fully saturated rings. The molecule has 1 atom stereocenters. The van der Waals surface area contributed by atoms with E-state index in [1.165, 1.54) is 14.0 Å². The van der Waals surface area contributed by atoms with Crippen LogP contribution in [0.15, 0.2) is 0 Å². The first-order chi connectivity index (χ1) is 6.42. The lowest BCUT2D eigenvalue weighted by atomic mass is 9.99. The number of hydrogen-bond donors (Lipinski definition) is 2. The van der Waals surface area contributed by atoms with Crippen LogP contribution in [0.3, 0.4) is 0 Å². The van der Waals surface area contributed by atoms with Gasteiger partial charge in [-0.3, -0.25) is 4.79 Å². The first-order valence-corrected chi connectivity index (χ1v) is 4.20. The van der Waals surface area contributed by atoms with Crippen molar-refractivity contribution in [3.63, 3.8) is 0 Å². The number of nitrogens with one attached hydrogen (secondary N) is 1. The molecule has 0 aromatic carbocycles. The van der Waals surface area contributed by atoms with Gasteiger partial charge in [-0.05, 0) is 20.4 Å². The van der Waals surface area contributed by atoms with Crippen LogP contribution in [-0.2, 0) is 9.53 Å². The highest BCUT2D eigenvalue weighted by Crippen LogP contribution is 2.09. The van der Waals surface area contributed by atoms with E-state index in [2.05, 4.69) is 10.1 Å². The van der Waals surface area contributed by atoms with Crippen LogP contribution in [0, 0.1) is 0 Å². The van der Waals surface area contributed by atoms with Crippen LogP contribution in [-0.4, -0.2) is 43.3 Å². The van der Waals surface area contributed by atoms with Crippen molar-refractivity contribution in [3.05, 3.63) is 0 Å². The molecule has 6 heteroatoms. The van der Waals surface area contributed by atoms with Crippen molar-refractivity contribution >= 4 is 5.97 Å². The van der Waals surface area contributed by atoms with Crippen molar-refractivity contribution in [1.82, 2.24) is 5.32 Å². The zero-order valence-electron chi connectivity index (χ0n) is 8.22. The number of carbonyl (C=O) groups is 1. The molecule has 0 saturated heterocycles. The number of ether oxygens (including phenoxy) is 1. The molecule has 1 unspecified atom stereocenters. The fourth-order valence-corrected chi connectivity index (χ4v) is 0.788. The lowest BCUT2D eigenvalue weighted by Crippen LogP contribution is -2.48. The minimum absolute atomic E-state index is 0.00597. The van der Waals surface area contributed by atoms with Gasteiger partial charge in [-0.1, -0.05) is 0 Å². The molecule has 0 radical (unpaired) electrons. The number of hydrogen-bond acceptors (Lipinski definition) is 3. The van der Waals surface area contributed by atoms with Crippen molar-refractivity contribution in [1.29, 1.82) is 0 Å². The third kappa shape index (κ3) is 4.48. The van der Waals surface area contributed by atoms with Gasteiger partial charge in [-0.2, -0.15) is 0 Å². The number of aliphatic carboxylic acids is 1. The van der Waals surface area contributed by atoms with Crippen LogP contribution in [0.25, 0.3) is 0 Å². The molecular formula is C8H15F2NO3. The average molecular weight is 211 g/mol. The molecule has 84 valence electrons. The first kappa shape index (κ1) is 13.2. The van der Waals surface area contributed by atoms with Crippen LogP contribution in [0.2, 0.25) is 0 Å². The molecule has 0 aromatic heterocycles. The highest BCUT2D eigenvalue weighted by Gasteiger charge is 2.30. The minimum atomic E-state index is -2.51. The Kier molecular flexibility index (Phi) is 5.56. The Bertz CT molecular complexity index is 189. The largest absolute Gasteiger partial charge is 0.480 e. The van der Waals surface area contributed by atoms with E-state index < -0.39 is 24.5 Å². The summed E-state index contributed by atoms with van der Waals surface area (Å²) in [7, 11) is 1.50. The summed E-state index contributed by atoms with van der Waals surface area (Å²) < 4.78 is 27.9. The number of carboxylic acid groups (broad SMARTS) is 1. The summed E-state index contributed by atoms with van der Waals surface area (Å²) in [5.41, 5.74) is -1.12. The smallest absolute Gasteiger partial charge is 0.323 e. The zero-order chi connectivity index (χ0) is 11.2. The second-order valence-corrected chi connectivity index (χ2v) is 3.10. The van der Waals surface area contributed by atoms with E-state index in [1.807, 2.05) is 0 Å². The predicted octanol–water partition coefficient (Wildman–Crippen LogP) is 0.721. The zero-order valence-corrected chi connectivity index (χ0v) is 8.22. The maximum atomic E-state index is 11.6. The Hall–Kier alpha value is -0.750. The first-order valence-electron chi connectivity index (χ1n) is 4.20. The Balaban J connectivity index is 3.79. The Morgan fingerprint density at radius 2 is 2.21 bits per heavy atom. The molecular weight excluding hydrogens is 196 g/mol. The Labute approximate surface area is 81.2 Å². The van der Waals surface area contributed by atoms with E-state index in [9.17, 15) is 13.6 Å². The van der Waals surface area contributed by atoms with Crippen LogP contribution in [0.1, 0.15) is 13.3 Å². The summed E-state index contributed by atoms with van der Waals surface area (Å²) in [6.45, 7) is 0.814. The monoisotopic (exact) mass is 211 g/mol. The highest BCUT2D eigenvalue weighted by molar-refractivity contribution is 5.78. The van der Waals surface area contributed by atoms with Crippen LogP contribution in [0.4, 0.5) is 8.78 Å². The molecule has 0 aromatic rings. The number of halogens is 2. The number of carboxylic acids is 1. The molecule has 0 aliphatic rings. The predicted molar refractivity (Wildman–Crippen MR) is 46.5 cm³/mol. The minimum Gasteiger partial charge on any atom is -0.480 e. The summed E-state index contributed by atoms with van der Waals surface area (Å²) in [6.07, 6.45) is -2.37. The number of likely N-dealkylation sites (N-methyl/N-ethyl adjacent to an activating group) is 1. The SMILES string of the molecule is CNC(C)(CCOCC(F)F)C(=O)O. The van der Waals surface area contributed by atoms with Gasteiger partial charge in [0.1, 0.15) is 12.1 Å². The fourth-order valence-electron chi connectivity index (χ4n) is 0.788. The normalized spacial score (nSPS) is 15.5. The maximum Gasteiger partial charge on any atom is 0.323 e. The van der Waals surface area contributed by atoms with Gasteiger partial charge in [-0.25, -0.2) is 8.78 Å². The summed E-state index contributed by atoms with van der Waals surface area (Å²) in [5.74, 6) is -1.03. The lowest BCUT2D eigenvalue weighted by Gasteiger charge is -2.23. The molecule has 4 nitrogen and oxygen atoms in total. The summed E-state index contributed by atoms with van der Waals surface area (Å²) in [6, 6.07) is 0. The topological polar surface area (TPSA) is 58.6 Å². The molecule has 0 heterocycles. The second kappa shape index (κ2) is 5.87. The average Bonchev–Trinajstić information content (AvgIpc) is 2.11. The summed E-state index contributed by atoms with van der Waals surface area (Å²) >= 11 is 0. The molecule has 0 aliphatic heterocycles. The second-order valence-electron chi connectivity index (χ2n) is 3.10. The van der Waals surface area contributed by atoms with E-state index >= 15 is 0 Å². The lowest BCUT2D eigenvalue weighted by molar-refractivity contribution is -0.144. The van der Waals surface area contributed by atoms with Crippen LogP contribution in [0.5, 0.6) is 0 Å². The van der Waals surface area contributed by atoms with Gasteiger partial charge in [0.25, 0.3) is 6.43 Å². The molecule has 0 rings (SSSR count). The standard InChI is InChI=1S/C8H15F2NO3/c1-8(11-2,7(12)13)3-4-14-5-6(9)10/h6,11H,3-5H2,1-2H3,(H,12,13). The van der Waals surface area contributed by atoms with Gasteiger partial charge in [0.15, 0.2) is 0 Å². The van der Waals surface area contributed by atoms with Gasteiger partial charge >= 0.3 is 5.97 Å². The van der Waals surface area contributed by atoms with Crippen LogP contribution >= 0.6 is 0 Å². The van der Waals surface area contributed by atoms with E-state index in [4.69, 9.17) is 5.11 Å². The molecule has 2 N–H and O–H groups in total. The third-order valence-corrected chi connectivity index (χ3v) is 2.01. The van der Waals surface area contributed by atoms with Gasteiger partial charge in [0.05, 0.1) is 0 Å². The van der Waals surface area contributed by atoms with E-state index in [0.717, 1.165) is 0 Å². The van der Waals surface area contributed by atoms with Crippen molar-refractivity contribution in [3.8, 4) is 0 Å².